The summed E-state index contributed by atoms with van der Waals surface area (Å²) in [4.78, 5) is 17.9. The van der Waals surface area contributed by atoms with Crippen molar-refractivity contribution < 1.29 is 13.6 Å². The SMILES string of the molecule is O=C(c1cnc(C#Cc2ccccc2)s1)N1CCCC(F)(F)C1. The molecule has 3 nitrogen and oxygen atoms in total. The number of piperidine rings is 1. The third-order valence-electron chi connectivity index (χ3n) is 3.48. The standard InChI is InChI=1S/C17H14F2N2OS/c18-17(19)9-4-10-21(12-17)16(22)14-11-20-15(23-14)8-7-13-5-2-1-3-6-13/h1-3,5-6,11H,4,9-10,12H2. The quantitative estimate of drug-likeness (QED) is 0.750. The van der Waals surface area contributed by atoms with Crippen molar-refractivity contribution in [3.63, 3.8) is 0 Å². The first-order valence-electron chi connectivity index (χ1n) is 7.23. The summed E-state index contributed by atoms with van der Waals surface area (Å²) >= 11 is 1.13. The lowest BCUT2D eigenvalue weighted by Gasteiger charge is -2.32. The first-order chi connectivity index (χ1) is 11.0. The predicted octanol–water partition coefficient (Wildman–Crippen LogP) is 3.41. The number of thiazole rings is 1. The molecule has 1 aliphatic rings. The number of amides is 1. The largest absolute Gasteiger partial charge is 0.332 e. The Labute approximate surface area is 137 Å². The molecule has 6 heteroatoms. The number of halogens is 2. The molecule has 23 heavy (non-hydrogen) atoms. The second kappa shape index (κ2) is 6.47. The van der Waals surface area contributed by atoms with Crippen molar-refractivity contribution in [1.29, 1.82) is 0 Å². The molecule has 0 atom stereocenters. The van der Waals surface area contributed by atoms with Crippen LogP contribution in [0.3, 0.4) is 0 Å². The topological polar surface area (TPSA) is 33.2 Å². The summed E-state index contributed by atoms with van der Waals surface area (Å²) in [6.07, 6.45) is 1.57. The molecule has 1 aromatic heterocycles. The average Bonchev–Trinajstić information content (AvgIpc) is 3.01. The number of nitrogens with zero attached hydrogens (tertiary/aromatic N) is 2. The molecule has 2 heterocycles. The molecule has 0 bridgehead atoms. The van der Waals surface area contributed by atoms with Gasteiger partial charge < -0.3 is 4.90 Å². The molecule has 1 aromatic carbocycles. The van der Waals surface area contributed by atoms with Gasteiger partial charge >= 0.3 is 0 Å². The van der Waals surface area contributed by atoms with Gasteiger partial charge in [0.05, 0.1) is 12.7 Å². The van der Waals surface area contributed by atoms with Crippen molar-refractivity contribution in [2.75, 3.05) is 13.1 Å². The van der Waals surface area contributed by atoms with Crippen LogP contribution in [0.15, 0.2) is 36.5 Å². The van der Waals surface area contributed by atoms with Gasteiger partial charge in [-0.2, -0.15) is 0 Å². The number of carbonyl (C=O) groups excluding carboxylic acids is 1. The average molecular weight is 332 g/mol. The Morgan fingerprint density at radius 2 is 2.04 bits per heavy atom. The molecule has 0 radical (unpaired) electrons. The maximum absolute atomic E-state index is 13.4. The molecule has 0 saturated carbocycles. The van der Waals surface area contributed by atoms with Crippen LogP contribution < -0.4 is 0 Å². The Morgan fingerprint density at radius 1 is 1.26 bits per heavy atom. The minimum atomic E-state index is -2.80. The number of likely N-dealkylation sites (tertiary alicyclic amines) is 1. The van der Waals surface area contributed by atoms with Crippen LogP contribution in [0.5, 0.6) is 0 Å². The summed E-state index contributed by atoms with van der Waals surface area (Å²) in [5.74, 6) is 2.66. The molecule has 0 N–H and O–H groups in total. The van der Waals surface area contributed by atoms with Gasteiger partial charge in [-0.15, -0.1) is 11.3 Å². The first kappa shape index (κ1) is 15.6. The molecule has 1 amide bonds. The summed E-state index contributed by atoms with van der Waals surface area (Å²) in [5.41, 5.74) is 0.853. The number of hydrogen-bond donors (Lipinski definition) is 0. The van der Waals surface area contributed by atoms with Crippen LogP contribution in [-0.2, 0) is 0 Å². The molecule has 118 valence electrons. The minimum Gasteiger partial charge on any atom is -0.332 e. The van der Waals surface area contributed by atoms with Gasteiger partial charge in [0.25, 0.3) is 11.8 Å². The molecular formula is C17H14F2N2OS. The summed E-state index contributed by atoms with van der Waals surface area (Å²) in [5, 5.41) is 0.501. The summed E-state index contributed by atoms with van der Waals surface area (Å²) in [6.45, 7) is -0.161. The monoisotopic (exact) mass is 332 g/mol. The molecule has 0 aliphatic carbocycles. The highest BCUT2D eigenvalue weighted by Crippen LogP contribution is 2.28. The van der Waals surface area contributed by atoms with Gasteiger partial charge in [-0.3, -0.25) is 4.79 Å². The second-order valence-corrected chi connectivity index (χ2v) is 6.36. The first-order valence-corrected chi connectivity index (χ1v) is 8.05. The molecule has 1 fully saturated rings. The Hall–Kier alpha value is -2.26. The number of alkyl halides is 2. The fraction of sp³-hybridized carbons (Fsp3) is 0.294. The van der Waals surface area contributed by atoms with Crippen LogP contribution in [0, 0.1) is 11.8 Å². The molecule has 2 aromatic rings. The van der Waals surface area contributed by atoms with Crippen LogP contribution in [0.2, 0.25) is 0 Å². The van der Waals surface area contributed by atoms with Crippen molar-refractivity contribution in [3.8, 4) is 11.8 Å². The lowest BCUT2D eigenvalue weighted by molar-refractivity contribution is -0.0559. The third-order valence-corrected chi connectivity index (χ3v) is 4.38. The van der Waals surface area contributed by atoms with E-state index in [-0.39, 0.29) is 6.42 Å². The molecule has 0 unspecified atom stereocenters. The molecule has 0 spiro atoms. The number of aromatic nitrogens is 1. The highest BCUT2D eigenvalue weighted by atomic mass is 32.1. The van der Waals surface area contributed by atoms with Crippen molar-refractivity contribution in [2.45, 2.75) is 18.8 Å². The fourth-order valence-corrected chi connectivity index (χ4v) is 3.11. The smallest absolute Gasteiger partial charge is 0.265 e. The van der Waals surface area contributed by atoms with E-state index in [0.717, 1.165) is 16.9 Å². The molecular weight excluding hydrogens is 318 g/mol. The van der Waals surface area contributed by atoms with E-state index in [1.807, 2.05) is 30.3 Å². The van der Waals surface area contributed by atoms with Gasteiger partial charge in [-0.25, -0.2) is 13.8 Å². The fourth-order valence-electron chi connectivity index (χ4n) is 2.37. The van der Waals surface area contributed by atoms with Crippen LogP contribution in [0.1, 0.15) is 33.1 Å². The van der Waals surface area contributed by atoms with Crippen molar-refractivity contribution in [2.24, 2.45) is 0 Å². The van der Waals surface area contributed by atoms with E-state index in [9.17, 15) is 13.6 Å². The van der Waals surface area contributed by atoms with Crippen LogP contribution in [-0.4, -0.2) is 34.8 Å². The summed E-state index contributed by atoms with van der Waals surface area (Å²) < 4.78 is 26.8. The van der Waals surface area contributed by atoms with E-state index in [1.165, 1.54) is 11.1 Å². The zero-order chi connectivity index (χ0) is 16.3. The van der Waals surface area contributed by atoms with Crippen LogP contribution in [0.4, 0.5) is 8.78 Å². The van der Waals surface area contributed by atoms with E-state index in [4.69, 9.17) is 0 Å². The van der Waals surface area contributed by atoms with E-state index in [1.54, 1.807) is 0 Å². The van der Waals surface area contributed by atoms with Gasteiger partial charge in [0.15, 0.2) is 5.01 Å². The number of benzene rings is 1. The molecule has 3 rings (SSSR count). The van der Waals surface area contributed by atoms with E-state index in [2.05, 4.69) is 16.8 Å². The van der Waals surface area contributed by atoms with Crippen LogP contribution in [0.25, 0.3) is 0 Å². The van der Waals surface area contributed by atoms with Gasteiger partial charge in [0.2, 0.25) is 0 Å². The van der Waals surface area contributed by atoms with E-state index < -0.39 is 18.4 Å². The van der Waals surface area contributed by atoms with Gasteiger partial charge in [0, 0.05) is 18.5 Å². The van der Waals surface area contributed by atoms with E-state index >= 15 is 0 Å². The zero-order valence-corrected chi connectivity index (χ0v) is 13.1. The minimum absolute atomic E-state index is 0.159. The normalized spacial score (nSPS) is 16.5. The third kappa shape index (κ3) is 3.93. The number of rotatable bonds is 1. The Bertz CT molecular complexity index is 762. The van der Waals surface area contributed by atoms with Gasteiger partial charge in [0.1, 0.15) is 4.88 Å². The Morgan fingerprint density at radius 3 is 2.78 bits per heavy atom. The highest BCUT2D eigenvalue weighted by molar-refractivity contribution is 7.14. The number of carbonyl (C=O) groups is 1. The summed E-state index contributed by atoms with van der Waals surface area (Å²) in [7, 11) is 0. The molecule has 1 saturated heterocycles. The summed E-state index contributed by atoms with van der Waals surface area (Å²) in [6, 6.07) is 9.43. The van der Waals surface area contributed by atoms with E-state index in [0.29, 0.717) is 22.9 Å². The maximum Gasteiger partial charge on any atom is 0.265 e. The van der Waals surface area contributed by atoms with Crippen LogP contribution >= 0.6 is 11.3 Å². The van der Waals surface area contributed by atoms with Crippen molar-refractivity contribution in [1.82, 2.24) is 9.88 Å². The van der Waals surface area contributed by atoms with Crippen molar-refractivity contribution in [3.05, 3.63) is 52.0 Å². The van der Waals surface area contributed by atoms with Crippen molar-refractivity contribution >= 4 is 17.2 Å². The Balaban J connectivity index is 1.72. The predicted molar refractivity (Wildman–Crippen MR) is 84.6 cm³/mol. The highest BCUT2D eigenvalue weighted by Gasteiger charge is 2.37. The van der Waals surface area contributed by atoms with Gasteiger partial charge in [-0.1, -0.05) is 24.1 Å². The maximum atomic E-state index is 13.4. The second-order valence-electron chi connectivity index (χ2n) is 5.33. The zero-order valence-electron chi connectivity index (χ0n) is 12.3. The van der Waals surface area contributed by atoms with Gasteiger partial charge in [-0.05, 0) is 24.5 Å². The lowest BCUT2D eigenvalue weighted by atomic mass is 10.1. The Kier molecular flexibility index (Phi) is 4.39. The molecule has 1 aliphatic heterocycles. The number of hydrogen-bond acceptors (Lipinski definition) is 3. The lowest BCUT2D eigenvalue weighted by Crippen LogP contribution is -2.45.